The van der Waals surface area contributed by atoms with E-state index in [0.717, 1.165) is 11.0 Å². The highest BCUT2D eigenvalue weighted by atomic mass is 35.5. The van der Waals surface area contributed by atoms with Crippen molar-refractivity contribution >= 4 is 40.2 Å². The Morgan fingerprint density at radius 1 is 1.04 bits per heavy atom. The van der Waals surface area contributed by atoms with E-state index in [1.54, 1.807) is 17.0 Å². The average molecular weight is 340 g/mol. The molecule has 0 spiro atoms. The molecule has 0 fully saturated rings. The van der Waals surface area contributed by atoms with Gasteiger partial charge >= 0.3 is 0 Å². The molecule has 1 amide bonds. The summed E-state index contributed by atoms with van der Waals surface area (Å²) in [6, 6.07) is 10.9. The maximum atomic E-state index is 12.9. The van der Waals surface area contributed by atoms with Crippen molar-refractivity contribution in [1.29, 1.82) is 0 Å². The zero-order chi connectivity index (χ0) is 16.7. The Balaban J connectivity index is 1.81. The van der Waals surface area contributed by atoms with Crippen molar-refractivity contribution in [3.05, 3.63) is 53.3 Å². The van der Waals surface area contributed by atoms with Crippen LogP contribution in [0.4, 0.5) is 11.6 Å². The predicted octanol–water partition coefficient (Wildman–Crippen LogP) is 2.77. The molecule has 2 aromatic heterocycles. The van der Waals surface area contributed by atoms with Crippen LogP contribution in [0.15, 0.2) is 42.6 Å². The van der Waals surface area contributed by atoms with Crippen LogP contribution in [0.25, 0.3) is 11.0 Å². The molecule has 0 saturated heterocycles. The Morgan fingerprint density at radius 3 is 2.42 bits per heavy atom. The van der Waals surface area contributed by atoms with Crippen molar-refractivity contribution < 1.29 is 4.79 Å². The number of fused-ring (bicyclic) bond motifs is 2. The molecular weight excluding hydrogens is 326 g/mol. The van der Waals surface area contributed by atoms with Crippen LogP contribution in [0.1, 0.15) is 10.4 Å². The Morgan fingerprint density at radius 2 is 1.75 bits per heavy atom. The fourth-order valence-electron chi connectivity index (χ4n) is 2.74. The minimum Gasteiger partial charge on any atom is -0.355 e. The lowest BCUT2D eigenvalue weighted by molar-refractivity contribution is 0.0985. The Hall–Kier alpha value is -2.73. The second-order valence-electron chi connectivity index (χ2n) is 5.61. The largest absolute Gasteiger partial charge is 0.355 e. The molecule has 0 atom stereocenters. The molecule has 7 heteroatoms. The maximum absolute atomic E-state index is 12.9. The molecule has 6 nitrogen and oxygen atoms in total. The van der Waals surface area contributed by atoms with Crippen molar-refractivity contribution in [2.45, 2.75) is 0 Å². The molecule has 120 valence electrons. The minimum atomic E-state index is -0.155. The zero-order valence-corrected chi connectivity index (χ0v) is 13.7. The van der Waals surface area contributed by atoms with E-state index in [1.807, 2.05) is 36.2 Å². The summed E-state index contributed by atoms with van der Waals surface area (Å²) in [4.78, 5) is 29.9. The van der Waals surface area contributed by atoms with E-state index in [0.29, 0.717) is 35.4 Å². The van der Waals surface area contributed by atoms with Gasteiger partial charge in [0.1, 0.15) is 5.15 Å². The van der Waals surface area contributed by atoms with Crippen molar-refractivity contribution in [2.24, 2.45) is 0 Å². The van der Waals surface area contributed by atoms with Gasteiger partial charge in [0.25, 0.3) is 5.91 Å². The number of carbonyl (C=O) groups excluding carboxylic acids is 1. The smallest absolute Gasteiger partial charge is 0.261 e. The molecule has 0 N–H and O–H groups in total. The summed E-state index contributed by atoms with van der Waals surface area (Å²) in [5, 5.41) is 0.358. The van der Waals surface area contributed by atoms with Crippen LogP contribution >= 0.6 is 11.6 Å². The number of aromatic nitrogens is 3. The highest BCUT2D eigenvalue weighted by molar-refractivity contribution is 6.29. The average Bonchev–Trinajstić information content (AvgIpc) is 2.61. The number of hydrogen-bond donors (Lipinski definition) is 0. The summed E-state index contributed by atoms with van der Waals surface area (Å²) < 4.78 is 0. The van der Waals surface area contributed by atoms with Crippen molar-refractivity contribution in [3.8, 4) is 0 Å². The fraction of sp³-hybridized carbons (Fsp3) is 0.176. The molecule has 3 heterocycles. The summed E-state index contributed by atoms with van der Waals surface area (Å²) >= 11 is 5.80. The highest BCUT2D eigenvalue weighted by Gasteiger charge is 2.29. The van der Waals surface area contributed by atoms with Crippen molar-refractivity contribution in [1.82, 2.24) is 15.0 Å². The van der Waals surface area contributed by atoms with E-state index in [2.05, 4.69) is 15.0 Å². The summed E-state index contributed by atoms with van der Waals surface area (Å²) in [6.07, 6.45) is 1.48. The number of halogens is 1. The van der Waals surface area contributed by atoms with Crippen LogP contribution < -0.4 is 9.80 Å². The first kappa shape index (κ1) is 14.8. The number of rotatable bonds is 1. The van der Waals surface area contributed by atoms with E-state index in [9.17, 15) is 4.79 Å². The van der Waals surface area contributed by atoms with Crippen LogP contribution in [0.5, 0.6) is 0 Å². The van der Waals surface area contributed by atoms with Gasteiger partial charge in [0.2, 0.25) is 0 Å². The standard InChI is InChI=1S/C17H14ClN5O/c1-22-8-9-23(17(24)11-6-7-14(18)19-10-11)16-15(22)20-12-4-2-3-5-13(12)21-16/h2-7,10H,8-9H2,1H3. The fourth-order valence-corrected chi connectivity index (χ4v) is 2.85. The number of likely N-dealkylation sites (N-methyl/N-ethyl adjacent to an activating group) is 1. The van der Waals surface area contributed by atoms with Gasteiger partial charge in [-0.05, 0) is 24.3 Å². The molecule has 0 aliphatic carbocycles. The summed E-state index contributed by atoms with van der Waals surface area (Å²) in [5.74, 6) is 1.12. The van der Waals surface area contributed by atoms with Crippen LogP contribution in [0, 0.1) is 0 Å². The molecule has 24 heavy (non-hydrogen) atoms. The van der Waals surface area contributed by atoms with Gasteiger partial charge in [-0.3, -0.25) is 9.69 Å². The van der Waals surface area contributed by atoms with Gasteiger partial charge < -0.3 is 4.90 Å². The van der Waals surface area contributed by atoms with Gasteiger partial charge in [0, 0.05) is 26.3 Å². The Kier molecular flexibility index (Phi) is 3.54. The topological polar surface area (TPSA) is 62.2 Å². The van der Waals surface area contributed by atoms with E-state index < -0.39 is 0 Å². The van der Waals surface area contributed by atoms with E-state index in [-0.39, 0.29) is 5.91 Å². The second kappa shape index (κ2) is 5.72. The first-order valence-electron chi connectivity index (χ1n) is 7.55. The number of para-hydroxylation sites is 2. The number of amides is 1. The molecule has 4 rings (SSSR count). The quantitative estimate of drug-likeness (QED) is 0.638. The minimum absolute atomic E-state index is 0.155. The Labute approximate surface area is 143 Å². The lowest BCUT2D eigenvalue weighted by Gasteiger charge is -2.33. The first-order valence-corrected chi connectivity index (χ1v) is 7.92. The van der Waals surface area contributed by atoms with Crippen molar-refractivity contribution in [2.75, 3.05) is 29.9 Å². The molecule has 0 saturated carbocycles. The molecule has 0 unspecified atom stereocenters. The summed E-state index contributed by atoms with van der Waals surface area (Å²) in [7, 11) is 1.95. The van der Waals surface area contributed by atoms with Gasteiger partial charge in [0.05, 0.1) is 16.6 Å². The lowest BCUT2D eigenvalue weighted by Crippen LogP contribution is -2.43. The van der Waals surface area contributed by atoms with Crippen LogP contribution in [0.3, 0.4) is 0 Å². The SMILES string of the molecule is CN1CCN(C(=O)c2ccc(Cl)nc2)c2nc3ccccc3nc21. The number of anilines is 2. The van der Waals surface area contributed by atoms with Gasteiger partial charge in [-0.2, -0.15) is 0 Å². The zero-order valence-electron chi connectivity index (χ0n) is 13.0. The summed E-state index contributed by atoms with van der Waals surface area (Å²) in [5.41, 5.74) is 2.05. The van der Waals surface area contributed by atoms with Gasteiger partial charge in [0.15, 0.2) is 11.6 Å². The second-order valence-corrected chi connectivity index (χ2v) is 5.99. The van der Waals surface area contributed by atoms with Crippen LogP contribution in [0.2, 0.25) is 5.15 Å². The predicted molar refractivity (Wildman–Crippen MR) is 93.7 cm³/mol. The van der Waals surface area contributed by atoms with Gasteiger partial charge in [-0.1, -0.05) is 23.7 Å². The number of carbonyl (C=O) groups is 1. The van der Waals surface area contributed by atoms with Crippen molar-refractivity contribution in [3.63, 3.8) is 0 Å². The third kappa shape index (κ3) is 2.45. The molecule has 1 aromatic carbocycles. The lowest BCUT2D eigenvalue weighted by atomic mass is 10.2. The third-order valence-corrected chi connectivity index (χ3v) is 4.25. The van der Waals surface area contributed by atoms with Gasteiger partial charge in [-0.15, -0.1) is 0 Å². The molecular formula is C17H14ClN5O. The molecule has 0 bridgehead atoms. The number of pyridine rings is 1. The maximum Gasteiger partial charge on any atom is 0.261 e. The third-order valence-electron chi connectivity index (χ3n) is 4.03. The van der Waals surface area contributed by atoms with E-state index >= 15 is 0 Å². The van der Waals surface area contributed by atoms with Gasteiger partial charge in [-0.25, -0.2) is 15.0 Å². The molecule has 1 aliphatic rings. The van der Waals surface area contributed by atoms with Crippen LogP contribution in [-0.2, 0) is 0 Å². The van der Waals surface area contributed by atoms with E-state index in [4.69, 9.17) is 11.6 Å². The molecule has 1 aliphatic heterocycles. The summed E-state index contributed by atoms with van der Waals surface area (Å²) in [6.45, 7) is 1.23. The number of hydrogen-bond acceptors (Lipinski definition) is 5. The molecule has 0 radical (unpaired) electrons. The molecule has 3 aromatic rings. The monoisotopic (exact) mass is 339 g/mol. The van der Waals surface area contributed by atoms with Crippen LogP contribution in [-0.4, -0.2) is 41.0 Å². The van der Waals surface area contributed by atoms with E-state index in [1.165, 1.54) is 6.20 Å². The normalized spacial score (nSPS) is 13.9. The Bertz CT molecular complexity index is 928. The first-order chi connectivity index (χ1) is 11.6. The number of benzene rings is 1. The highest BCUT2D eigenvalue weighted by Crippen LogP contribution is 2.31. The number of nitrogens with zero attached hydrogens (tertiary/aromatic N) is 5.